The van der Waals surface area contributed by atoms with Crippen LogP contribution in [0, 0.1) is 4.51 Å². The largest absolute Gasteiger partial charge is 0.456 e. The van der Waals surface area contributed by atoms with Gasteiger partial charge in [0.25, 0.3) is 0 Å². The average molecular weight is 280 g/mol. The minimum atomic E-state index is 0.325. The third-order valence-electron chi connectivity index (χ3n) is 3.45. The molecule has 3 rings (SSSR count). The maximum atomic E-state index is 6.15. The average Bonchev–Trinajstić information content (AvgIpc) is 2.47. The van der Waals surface area contributed by atoms with Gasteiger partial charge in [-0.1, -0.05) is 68.5 Å². The molecule has 0 atom stereocenters. The summed E-state index contributed by atoms with van der Waals surface area (Å²) in [6.45, 7) is 4.31. The summed E-state index contributed by atoms with van der Waals surface area (Å²) in [5.41, 5.74) is 3.04. The van der Waals surface area contributed by atoms with E-state index in [2.05, 4.69) is 26.0 Å². The van der Waals surface area contributed by atoms with Gasteiger partial charge in [-0.25, -0.2) is 0 Å². The second-order valence-electron chi connectivity index (χ2n) is 5.19. The van der Waals surface area contributed by atoms with Gasteiger partial charge >= 0.3 is 0 Å². The highest BCUT2D eigenvalue weighted by molar-refractivity contribution is 7.71. The van der Waals surface area contributed by atoms with Crippen LogP contribution in [0.4, 0.5) is 0 Å². The standard InChI is InChI=1S/C18H16OS/c1-12(2)16-17(13-8-4-3-5-9-13)19-15-11-7-6-10-14(15)18(16)20/h3-12H,1-2H3. The molecule has 0 N–H and O–H groups in total. The molecular weight excluding hydrogens is 264 g/mol. The van der Waals surface area contributed by atoms with E-state index in [-0.39, 0.29) is 0 Å². The Morgan fingerprint density at radius 2 is 1.55 bits per heavy atom. The van der Waals surface area contributed by atoms with Gasteiger partial charge in [0.1, 0.15) is 11.3 Å². The minimum absolute atomic E-state index is 0.325. The molecule has 100 valence electrons. The quantitative estimate of drug-likeness (QED) is 0.538. The summed E-state index contributed by atoms with van der Waals surface area (Å²) in [5, 5.41) is 1.02. The van der Waals surface area contributed by atoms with Gasteiger partial charge < -0.3 is 4.42 Å². The van der Waals surface area contributed by atoms with E-state index in [4.69, 9.17) is 16.6 Å². The summed E-state index contributed by atoms with van der Waals surface area (Å²) in [6, 6.07) is 18.2. The maximum Gasteiger partial charge on any atom is 0.139 e. The SMILES string of the molecule is CC(C)c1c(-c2ccccc2)oc2ccccc2c1=S. The number of hydrogen-bond acceptors (Lipinski definition) is 2. The molecule has 0 saturated carbocycles. The number of benzene rings is 2. The Bertz CT molecular complexity index is 801. The van der Waals surface area contributed by atoms with Crippen LogP contribution in [0.1, 0.15) is 25.3 Å². The molecule has 0 fully saturated rings. The number of fused-ring (bicyclic) bond motifs is 1. The summed E-state index contributed by atoms with van der Waals surface area (Å²) in [7, 11) is 0. The molecule has 3 aromatic rings. The molecule has 2 aromatic carbocycles. The third kappa shape index (κ3) is 2.16. The second kappa shape index (κ2) is 5.22. The molecule has 0 spiro atoms. The monoisotopic (exact) mass is 280 g/mol. The summed E-state index contributed by atoms with van der Waals surface area (Å²) in [4.78, 5) is 0. The van der Waals surface area contributed by atoms with Crippen molar-refractivity contribution in [2.45, 2.75) is 19.8 Å². The fourth-order valence-corrected chi connectivity index (χ4v) is 2.98. The predicted octanol–water partition coefficient (Wildman–Crippen LogP) is 5.95. The Morgan fingerprint density at radius 3 is 2.25 bits per heavy atom. The van der Waals surface area contributed by atoms with Crippen molar-refractivity contribution in [3.05, 3.63) is 64.7 Å². The Morgan fingerprint density at radius 1 is 0.900 bits per heavy atom. The summed E-state index contributed by atoms with van der Waals surface area (Å²) in [5.74, 6) is 1.22. The molecule has 1 nitrogen and oxygen atoms in total. The van der Waals surface area contributed by atoms with Gasteiger partial charge in [-0.2, -0.15) is 0 Å². The van der Waals surface area contributed by atoms with Crippen LogP contribution in [0.2, 0.25) is 0 Å². The van der Waals surface area contributed by atoms with Crippen LogP contribution in [-0.4, -0.2) is 0 Å². The van der Waals surface area contributed by atoms with Crippen molar-refractivity contribution in [3.63, 3.8) is 0 Å². The van der Waals surface area contributed by atoms with Gasteiger partial charge in [0.05, 0.1) is 4.51 Å². The first kappa shape index (κ1) is 13.1. The lowest BCUT2D eigenvalue weighted by Crippen LogP contribution is -1.95. The van der Waals surface area contributed by atoms with Gasteiger partial charge in [0, 0.05) is 16.5 Å². The molecule has 0 radical (unpaired) electrons. The van der Waals surface area contributed by atoms with Crippen molar-refractivity contribution in [2.24, 2.45) is 0 Å². The summed E-state index contributed by atoms with van der Waals surface area (Å²) < 4.78 is 7.06. The number of rotatable bonds is 2. The van der Waals surface area contributed by atoms with E-state index in [1.165, 1.54) is 0 Å². The minimum Gasteiger partial charge on any atom is -0.456 e. The van der Waals surface area contributed by atoms with Crippen LogP contribution in [0.5, 0.6) is 0 Å². The Balaban J connectivity index is 2.42. The van der Waals surface area contributed by atoms with Crippen LogP contribution < -0.4 is 0 Å². The molecule has 0 amide bonds. The molecule has 0 bridgehead atoms. The molecule has 1 aromatic heterocycles. The van der Waals surface area contributed by atoms with Crippen LogP contribution in [0.3, 0.4) is 0 Å². The van der Waals surface area contributed by atoms with E-state index in [1.807, 2.05) is 42.5 Å². The molecule has 0 aliphatic carbocycles. The van der Waals surface area contributed by atoms with Crippen LogP contribution in [0.15, 0.2) is 59.0 Å². The van der Waals surface area contributed by atoms with Crippen molar-refractivity contribution in [2.75, 3.05) is 0 Å². The first-order valence-corrected chi connectivity index (χ1v) is 7.20. The zero-order valence-electron chi connectivity index (χ0n) is 11.6. The molecule has 1 heterocycles. The topological polar surface area (TPSA) is 13.1 Å². The Kier molecular flexibility index (Phi) is 3.41. The highest BCUT2D eigenvalue weighted by Crippen LogP contribution is 2.34. The second-order valence-corrected chi connectivity index (χ2v) is 5.60. The number of hydrogen-bond donors (Lipinski definition) is 0. The third-order valence-corrected chi connectivity index (χ3v) is 3.89. The molecular formula is C18H16OS. The van der Waals surface area contributed by atoms with Crippen molar-refractivity contribution in [1.82, 2.24) is 0 Å². The first-order valence-electron chi connectivity index (χ1n) is 6.79. The molecule has 0 aliphatic rings. The van der Waals surface area contributed by atoms with E-state index < -0.39 is 0 Å². The number of para-hydroxylation sites is 1. The van der Waals surface area contributed by atoms with Gasteiger partial charge in [0.2, 0.25) is 0 Å². The smallest absolute Gasteiger partial charge is 0.139 e. The van der Waals surface area contributed by atoms with E-state index in [0.717, 1.165) is 32.4 Å². The van der Waals surface area contributed by atoms with E-state index in [0.29, 0.717) is 5.92 Å². The van der Waals surface area contributed by atoms with Crippen LogP contribution >= 0.6 is 12.2 Å². The normalized spacial score (nSPS) is 11.2. The summed E-state index contributed by atoms with van der Waals surface area (Å²) in [6.07, 6.45) is 0. The fourth-order valence-electron chi connectivity index (χ4n) is 2.48. The Labute approximate surface area is 123 Å². The maximum absolute atomic E-state index is 6.15. The highest BCUT2D eigenvalue weighted by Gasteiger charge is 2.15. The summed E-state index contributed by atoms with van der Waals surface area (Å²) >= 11 is 5.70. The lowest BCUT2D eigenvalue weighted by Gasteiger charge is -2.14. The van der Waals surface area contributed by atoms with E-state index in [1.54, 1.807) is 0 Å². The highest BCUT2D eigenvalue weighted by atomic mass is 32.1. The molecule has 2 heteroatoms. The molecule has 0 saturated heterocycles. The molecule has 0 unspecified atom stereocenters. The Hall–Kier alpha value is -1.93. The lowest BCUT2D eigenvalue weighted by atomic mass is 9.97. The zero-order chi connectivity index (χ0) is 14.1. The van der Waals surface area contributed by atoms with Crippen LogP contribution in [-0.2, 0) is 0 Å². The van der Waals surface area contributed by atoms with Gasteiger partial charge in [0.15, 0.2) is 0 Å². The van der Waals surface area contributed by atoms with Crippen molar-refractivity contribution in [3.8, 4) is 11.3 Å². The van der Waals surface area contributed by atoms with E-state index >= 15 is 0 Å². The molecule has 0 aliphatic heterocycles. The van der Waals surface area contributed by atoms with Crippen molar-refractivity contribution < 1.29 is 4.42 Å². The van der Waals surface area contributed by atoms with Crippen molar-refractivity contribution in [1.29, 1.82) is 0 Å². The first-order chi connectivity index (χ1) is 9.68. The van der Waals surface area contributed by atoms with E-state index in [9.17, 15) is 0 Å². The fraction of sp³-hybridized carbons (Fsp3) is 0.167. The molecule has 20 heavy (non-hydrogen) atoms. The van der Waals surface area contributed by atoms with Gasteiger partial charge in [-0.15, -0.1) is 0 Å². The lowest BCUT2D eigenvalue weighted by molar-refractivity contribution is 0.604. The zero-order valence-corrected chi connectivity index (χ0v) is 12.4. The van der Waals surface area contributed by atoms with Crippen molar-refractivity contribution >= 4 is 23.2 Å². The van der Waals surface area contributed by atoms with Crippen LogP contribution in [0.25, 0.3) is 22.3 Å². The predicted molar refractivity (Wildman–Crippen MR) is 86.6 cm³/mol. The van der Waals surface area contributed by atoms with Gasteiger partial charge in [-0.3, -0.25) is 0 Å². The van der Waals surface area contributed by atoms with Gasteiger partial charge in [-0.05, 0) is 18.1 Å².